The first-order valence-corrected chi connectivity index (χ1v) is 10.5. The number of thioether (sulfide) groups is 1. The lowest BCUT2D eigenvalue weighted by Crippen LogP contribution is -2.19. The van der Waals surface area contributed by atoms with E-state index in [2.05, 4.69) is 44.5 Å². The van der Waals surface area contributed by atoms with Crippen LogP contribution in [0.4, 0.5) is 5.69 Å². The molecule has 2 aromatic heterocycles. The molecule has 1 aliphatic rings. The zero-order chi connectivity index (χ0) is 19.5. The van der Waals surface area contributed by atoms with Crippen LogP contribution < -0.4 is 5.32 Å². The molecule has 3 heterocycles. The molecule has 1 fully saturated rings. The van der Waals surface area contributed by atoms with Crippen LogP contribution in [-0.4, -0.2) is 51.8 Å². The van der Waals surface area contributed by atoms with E-state index in [9.17, 15) is 4.79 Å². The Labute approximate surface area is 171 Å². The molecular formula is C19H20N6OS2. The Morgan fingerprint density at radius 2 is 2.18 bits per heavy atom. The van der Waals surface area contributed by atoms with Crippen molar-refractivity contribution in [3.63, 3.8) is 0 Å². The van der Waals surface area contributed by atoms with Crippen molar-refractivity contribution in [2.75, 3.05) is 20.6 Å². The van der Waals surface area contributed by atoms with Crippen molar-refractivity contribution in [2.45, 2.75) is 12.8 Å². The number of rotatable bonds is 6. The number of fused-ring (bicyclic) bond motifs is 1. The Hall–Kier alpha value is -2.49. The second kappa shape index (κ2) is 8.26. The first-order chi connectivity index (χ1) is 13.6. The predicted molar refractivity (Wildman–Crippen MR) is 116 cm³/mol. The Kier molecular flexibility index (Phi) is 5.56. The minimum atomic E-state index is -0.131. The van der Waals surface area contributed by atoms with E-state index in [-0.39, 0.29) is 5.91 Å². The molecule has 0 bridgehead atoms. The SMILES string of the molecule is CN(C)CCCc1ncc(/C=C2\SC(=Nc3ccc4cn[nH]c4c3)NC2=O)s1. The molecule has 1 aliphatic heterocycles. The highest BCUT2D eigenvalue weighted by molar-refractivity contribution is 8.18. The first kappa shape index (κ1) is 18.9. The minimum Gasteiger partial charge on any atom is -0.309 e. The molecule has 0 radical (unpaired) electrons. The summed E-state index contributed by atoms with van der Waals surface area (Å²) in [5.41, 5.74) is 1.68. The zero-order valence-electron chi connectivity index (χ0n) is 15.6. The number of carbonyl (C=O) groups is 1. The van der Waals surface area contributed by atoms with Gasteiger partial charge in [0.05, 0.1) is 27.3 Å². The third kappa shape index (κ3) is 4.49. The van der Waals surface area contributed by atoms with Crippen LogP contribution in [0.25, 0.3) is 17.0 Å². The number of amides is 1. The third-order valence-corrected chi connectivity index (χ3v) is 6.06. The number of nitrogens with zero attached hydrogens (tertiary/aromatic N) is 4. The molecule has 4 rings (SSSR count). The molecule has 0 atom stereocenters. The highest BCUT2D eigenvalue weighted by Crippen LogP contribution is 2.30. The number of aliphatic imine (C=N–C) groups is 1. The van der Waals surface area contributed by atoms with Gasteiger partial charge in [0, 0.05) is 22.9 Å². The Morgan fingerprint density at radius 3 is 3.04 bits per heavy atom. The Bertz CT molecular complexity index is 1070. The van der Waals surface area contributed by atoms with Crippen LogP contribution in [0.15, 0.2) is 40.5 Å². The number of nitrogens with one attached hydrogen (secondary N) is 2. The number of hydrogen-bond acceptors (Lipinski definition) is 7. The Balaban J connectivity index is 1.44. The number of H-pyrrole nitrogens is 1. The van der Waals surface area contributed by atoms with Crippen LogP contribution >= 0.6 is 23.1 Å². The summed E-state index contributed by atoms with van der Waals surface area (Å²) in [5.74, 6) is -0.131. The number of aromatic amines is 1. The maximum atomic E-state index is 12.3. The maximum absolute atomic E-state index is 12.3. The monoisotopic (exact) mass is 412 g/mol. The summed E-state index contributed by atoms with van der Waals surface area (Å²) in [6.07, 6.45) is 7.51. The van der Waals surface area contributed by atoms with Gasteiger partial charge in [-0.15, -0.1) is 11.3 Å². The number of thiazole rings is 1. The second-order valence-electron chi connectivity index (χ2n) is 6.69. The molecule has 1 amide bonds. The topological polar surface area (TPSA) is 86.3 Å². The van der Waals surface area contributed by atoms with Crippen molar-refractivity contribution >= 4 is 56.8 Å². The largest absolute Gasteiger partial charge is 0.309 e. The van der Waals surface area contributed by atoms with Gasteiger partial charge in [-0.2, -0.15) is 5.10 Å². The van der Waals surface area contributed by atoms with Gasteiger partial charge in [0.15, 0.2) is 5.17 Å². The van der Waals surface area contributed by atoms with Crippen molar-refractivity contribution in [2.24, 2.45) is 4.99 Å². The predicted octanol–water partition coefficient (Wildman–Crippen LogP) is 3.41. The maximum Gasteiger partial charge on any atom is 0.264 e. The molecule has 1 aromatic carbocycles. The number of benzene rings is 1. The Morgan fingerprint density at radius 1 is 1.29 bits per heavy atom. The second-order valence-corrected chi connectivity index (χ2v) is 8.86. The van der Waals surface area contributed by atoms with E-state index in [0.29, 0.717) is 10.1 Å². The molecule has 3 aromatic rings. The van der Waals surface area contributed by atoms with Crippen LogP contribution in [0.2, 0.25) is 0 Å². The van der Waals surface area contributed by atoms with E-state index < -0.39 is 0 Å². The number of aromatic nitrogens is 3. The van der Waals surface area contributed by atoms with Gasteiger partial charge < -0.3 is 10.2 Å². The first-order valence-electron chi connectivity index (χ1n) is 8.89. The third-order valence-electron chi connectivity index (χ3n) is 4.15. The van der Waals surface area contributed by atoms with E-state index in [4.69, 9.17) is 0 Å². The van der Waals surface area contributed by atoms with Gasteiger partial charge in [0.25, 0.3) is 5.91 Å². The van der Waals surface area contributed by atoms with Gasteiger partial charge >= 0.3 is 0 Å². The zero-order valence-corrected chi connectivity index (χ0v) is 17.2. The molecule has 0 spiro atoms. The van der Waals surface area contributed by atoms with Crippen molar-refractivity contribution in [3.05, 3.63) is 45.4 Å². The number of aryl methyl sites for hydroxylation is 1. The lowest BCUT2D eigenvalue weighted by molar-refractivity contribution is -0.115. The summed E-state index contributed by atoms with van der Waals surface area (Å²) < 4.78 is 0. The fourth-order valence-corrected chi connectivity index (χ4v) is 4.59. The fourth-order valence-electron chi connectivity index (χ4n) is 2.77. The van der Waals surface area contributed by atoms with E-state index in [1.54, 1.807) is 17.5 Å². The standard InChI is InChI=1S/C19H20N6OS2/c1-25(2)7-3-4-17-20-11-14(27-17)9-16-18(26)23-19(28-16)22-13-6-5-12-10-21-24-15(12)8-13/h5-6,8-11H,3-4,7H2,1-2H3,(H,21,24)(H,22,23,26)/b16-9-. The van der Waals surface area contributed by atoms with E-state index in [1.807, 2.05) is 30.5 Å². The average molecular weight is 413 g/mol. The minimum absolute atomic E-state index is 0.131. The highest BCUT2D eigenvalue weighted by Gasteiger charge is 2.24. The van der Waals surface area contributed by atoms with Crippen LogP contribution in [0.3, 0.4) is 0 Å². The molecular weight excluding hydrogens is 392 g/mol. The molecule has 9 heteroatoms. The van der Waals surface area contributed by atoms with Gasteiger partial charge in [0.2, 0.25) is 0 Å². The number of hydrogen-bond donors (Lipinski definition) is 2. The number of amidine groups is 1. The van der Waals surface area contributed by atoms with Crippen molar-refractivity contribution in [1.29, 1.82) is 0 Å². The summed E-state index contributed by atoms with van der Waals surface area (Å²) in [7, 11) is 4.14. The molecule has 0 unspecified atom stereocenters. The fraction of sp³-hybridized carbons (Fsp3) is 0.263. The summed E-state index contributed by atoms with van der Waals surface area (Å²) >= 11 is 2.97. The molecule has 144 valence electrons. The van der Waals surface area contributed by atoms with Crippen molar-refractivity contribution in [1.82, 2.24) is 25.4 Å². The van der Waals surface area contributed by atoms with Gasteiger partial charge in [0.1, 0.15) is 0 Å². The van der Waals surface area contributed by atoms with Gasteiger partial charge in [-0.1, -0.05) is 0 Å². The van der Waals surface area contributed by atoms with Gasteiger partial charge in [-0.25, -0.2) is 9.98 Å². The van der Waals surface area contributed by atoms with Crippen molar-refractivity contribution in [3.8, 4) is 0 Å². The van der Waals surface area contributed by atoms with Crippen LogP contribution in [0.1, 0.15) is 16.3 Å². The molecule has 28 heavy (non-hydrogen) atoms. The summed E-state index contributed by atoms with van der Waals surface area (Å²) in [4.78, 5) is 25.1. The smallest absolute Gasteiger partial charge is 0.264 e. The van der Waals surface area contributed by atoms with Crippen LogP contribution in [-0.2, 0) is 11.2 Å². The molecule has 0 aliphatic carbocycles. The lowest BCUT2D eigenvalue weighted by Gasteiger charge is -2.07. The number of carbonyl (C=O) groups excluding carboxylic acids is 1. The molecule has 2 N–H and O–H groups in total. The summed E-state index contributed by atoms with van der Waals surface area (Å²) in [6, 6.07) is 5.76. The normalized spacial score (nSPS) is 17.3. The van der Waals surface area contributed by atoms with E-state index in [0.717, 1.165) is 45.9 Å². The lowest BCUT2D eigenvalue weighted by atomic mass is 10.2. The summed E-state index contributed by atoms with van der Waals surface area (Å²) in [5, 5.41) is 12.5. The van der Waals surface area contributed by atoms with E-state index >= 15 is 0 Å². The molecule has 1 saturated heterocycles. The van der Waals surface area contributed by atoms with E-state index in [1.165, 1.54) is 11.8 Å². The molecule has 7 nitrogen and oxygen atoms in total. The quantitative estimate of drug-likeness (QED) is 0.606. The average Bonchev–Trinajstić information content (AvgIpc) is 3.36. The van der Waals surface area contributed by atoms with Crippen LogP contribution in [0.5, 0.6) is 0 Å². The van der Waals surface area contributed by atoms with Crippen molar-refractivity contribution < 1.29 is 4.79 Å². The molecule has 0 saturated carbocycles. The summed E-state index contributed by atoms with van der Waals surface area (Å²) in [6.45, 7) is 1.04. The highest BCUT2D eigenvalue weighted by atomic mass is 32.2. The van der Waals surface area contributed by atoms with Gasteiger partial charge in [-0.3, -0.25) is 9.89 Å². The van der Waals surface area contributed by atoms with Gasteiger partial charge in [-0.05, 0) is 63.1 Å². The van der Waals surface area contributed by atoms with Crippen LogP contribution in [0, 0.1) is 0 Å².